The highest BCUT2D eigenvalue weighted by atomic mass is 16.5. The normalized spacial score (nSPS) is 12.1. The lowest BCUT2D eigenvalue weighted by Gasteiger charge is -2.08. The lowest BCUT2D eigenvalue weighted by atomic mass is 10.0. The smallest absolute Gasteiger partial charge is 0.136 e. The second kappa shape index (κ2) is 4.52. The first-order valence-corrected chi connectivity index (χ1v) is 5.52. The first-order chi connectivity index (χ1) is 8.62. The summed E-state index contributed by atoms with van der Waals surface area (Å²) >= 11 is 0. The van der Waals surface area contributed by atoms with Crippen molar-refractivity contribution in [1.29, 1.82) is 10.5 Å². The van der Waals surface area contributed by atoms with Gasteiger partial charge in [0.2, 0.25) is 0 Å². The number of aryl methyl sites for hydroxylation is 1. The molecule has 18 heavy (non-hydrogen) atoms. The third kappa shape index (κ3) is 1.73. The Balaban J connectivity index is 2.80. The number of hydrogen-bond acceptors (Lipinski definition) is 4. The second-order valence-electron chi connectivity index (χ2n) is 4.07. The maximum atomic E-state index is 9.04. The molecule has 0 fully saturated rings. The molecule has 4 heteroatoms. The minimum absolute atomic E-state index is 0.120. The minimum atomic E-state index is -0.120. The topological polar surface area (TPSA) is 69.9 Å². The highest BCUT2D eigenvalue weighted by molar-refractivity contribution is 5.85. The molecule has 0 bridgehead atoms. The molecule has 0 N–H and O–H groups in total. The van der Waals surface area contributed by atoms with Gasteiger partial charge >= 0.3 is 0 Å². The summed E-state index contributed by atoms with van der Waals surface area (Å²) in [6.45, 7) is 3.77. The largest absolute Gasteiger partial charge is 0.461 e. The number of fused-ring (bicyclic) bond motifs is 1. The fraction of sp³-hybridized carbons (Fsp3) is 0.286. The van der Waals surface area contributed by atoms with Gasteiger partial charge in [-0.25, -0.2) is 0 Å². The van der Waals surface area contributed by atoms with Crippen molar-refractivity contribution in [3.05, 3.63) is 34.6 Å². The van der Waals surface area contributed by atoms with Crippen molar-refractivity contribution in [2.45, 2.75) is 20.0 Å². The van der Waals surface area contributed by atoms with Crippen LogP contribution in [-0.4, -0.2) is 7.11 Å². The number of rotatable bonds is 2. The molecule has 90 valence electrons. The first-order valence-electron chi connectivity index (χ1n) is 5.52. The van der Waals surface area contributed by atoms with Crippen molar-refractivity contribution >= 4 is 11.0 Å². The van der Waals surface area contributed by atoms with E-state index in [0.29, 0.717) is 16.7 Å². The molecule has 2 aromatic rings. The standard InChI is InChI=1S/C14H12N2O2/c1-8(17-3)14-9(2)18-13-5-11(7-16)10(6-15)4-12(13)14/h4-5,8H,1-3H3/t8-/m1/s1. The fourth-order valence-electron chi connectivity index (χ4n) is 2.09. The van der Waals surface area contributed by atoms with Crippen LogP contribution in [0.1, 0.15) is 35.5 Å². The molecule has 1 atom stereocenters. The Kier molecular flexibility index (Phi) is 3.06. The second-order valence-corrected chi connectivity index (χ2v) is 4.07. The zero-order valence-corrected chi connectivity index (χ0v) is 10.4. The summed E-state index contributed by atoms with van der Waals surface area (Å²) in [5.74, 6) is 0.748. The molecule has 4 nitrogen and oxygen atoms in total. The highest BCUT2D eigenvalue weighted by Gasteiger charge is 2.18. The van der Waals surface area contributed by atoms with E-state index in [0.717, 1.165) is 16.7 Å². The molecule has 1 heterocycles. The van der Waals surface area contributed by atoms with Crippen LogP contribution in [0.25, 0.3) is 11.0 Å². The molecule has 0 spiro atoms. The molecule has 0 aliphatic heterocycles. The summed E-state index contributed by atoms with van der Waals surface area (Å²) in [7, 11) is 1.62. The lowest BCUT2D eigenvalue weighted by Crippen LogP contribution is -1.96. The van der Waals surface area contributed by atoms with Crippen molar-refractivity contribution in [2.24, 2.45) is 0 Å². The van der Waals surface area contributed by atoms with Crippen LogP contribution in [0.3, 0.4) is 0 Å². The van der Waals surface area contributed by atoms with Crippen LogP contribution in [0.2, 0.25) is 0 Å². The van der Waals surface area contributed by atoms with Gasteiger partial charge in [-0.1, -0.05) is 0 Å². The number of methoxy groups -OCH3 is 1. The summed E-state index contributed by atoms with van der Waals surface area (Å²) < 4.78 is 10.9. The van der Waals surface area contributed by atoms with Crippen molar-refractivity contribution in [1.82, 2.24) is 0 Å². The maximum absolute atomic E-state index is 9.04. The van der Waals surface area contributed by atoms with Crippen LogP contribution in [-0.2, 0) is 4.74 Å². The number of hydrogen-bond donors (Lipinski definition) is 0. The van der Waals surface area contributed by atoms with Gasteiger partial charge in [0, 0.05) is 24.1 Å². The van der Waals surface area contributed by atoms with Gasteiger partial charge in [0.15, 0.2) is 0 Å². The summed E-state index contributed by atoms with van der Waals surface area (Å²) in [5.41, 5.74) is 2.22. The van der Waals surface area contributed by atoms with E-state index >= 15 is 0 Å². The van der Waals surface area contributed by atoms with Crippen LogP contribution >= 0.6 is 0 Å². The van der Waals surface area contributed by atoms with Crippen molar-refractivity contribution in [3.63, 3.8) is 0 Å². The Labute approximate surface area is 105 Å². The van der Waals surface area contributed by atoms with E-state index in [1.807, 2.05) is 26.0 Å². The van der Waals surface area contributed by atoms with Gasteiger partial charge in [-0.3, -0.25) is 0 Å². The predicted molar refractivity (Wildman–Crippen MR) is 65.8 cm³/mol. The Morgan fingerprint density at radius 3 is 2.39 bits per heavy atom. The van der Waals surface area contributed by atoms with E-state index in [-0.39, 0.29) is 6.10 Å². The van der Waals surface area contributed by atoms with Crippen molar-refractivity contribution in [3.8, 4) is 12.1 Å². The summed E-state index contributed by atoms with van der Waals surface area (Å²) in [5, 5.41) is 18.8. The molecule has 0 aliphatic rings. The van der Waals surface area contributed by atoms with E-state index in [4.69, 9.17) is 19.7 Å². The number of ether oxygens (including phenoxy) is 1. The maximum Gasteiger partial charge on any atom is 0.136 e. The molecule has 0 saturated carbocycles. The summed E-state index contributed by atoms with van der Waals surface area (Å²) in [6, 6.07) is 7.32. The van der Waals surface area contributed by atoms with Gasteiger partial charge in [-0.05, 0) is 19.9 Å². The van der Waals surface area contributed by atoms with Crippen LogP contribution in [0.4, 0.5) is 0 Å². The molecule has 1 aromatic carbocycles. The molecule has 0 saturated heterocycles. The molecule has 2 rings (SSSR count). The quantitative estimate of drug-likeness (QED) is 0.808. The molecule has 0 aliphatic carbocycles. The summed E-state index contributed by atoms with van der Waals surface area (Å²) in [4.78, 5) is 0. The fourth-order valence-corrected chi connectivity index (χ4v) is 2.09. The van der Waals surface area contributed by atoms with Crippen molar-refractivity contribution in [2.75, 3.05) is 7.11 Å². The number of benzene rings is 1. The molecule has 0 unspecified atom stereocenters. The van der Waals surface area contributed by atoms with Gasteiger partial charge in [0.25, 0.3) is 0 Å². The van der Waals surface area contributed by atoms with E-state index in [9.17, 15) is 0 Å². The van der Waals surface area contributed by atoms with E-state index in [2.05, 4.69) is 0 Å². The third-order valence-electron chi connectivity index (χ3n) is 3.05. The van der Waals surface area contributed by atoms with Crippen LogP contribution in [0.15, 0.2) is 16.5 Å². The average molecular weight is 240 g/mol. The van der Waals surface area contributed by atoms with Crippen LogP contribution in [0.5, 0.6) is 0 Å². The van der Waals surface area contributed by atoms with Gasteiger partial charge in [-0.15, -0.1) is 0 Å². The molecule has 1 aromatic heterocycles. The molecule has 0 amide bonds. The van der Waals surface area contributed by atoms with E-state index in [1.54, 1.807) is 19.2 Å². The minimum Gasteiger partial charge on any atom is -0.461 e. The average Bonchev–Trinajstić information content (AvgIpc) is 2.71. The van der Waals surface area contributed by atoms with E-state index < -0.39 is 0 Å². The Bertz CT molecular complexity index is 686. The lowest BCUT2D eigenvalue weighted by molar-refractivity contribution is 0.119. The summed E-state index contributed by atoms with van der Waals surface area (Å²) in [6.07, 6.45) is -0.120. The highest BCUT2D eigenvalue weighted by Crippen LogP contribution is 2.33. The Morgan fingerprint density at radius 2 is 1.83 bits per heavy atom. The zero-order chi connectivity index (χ0) is 13.3. The SMILES string of the molecule is CO[C@H](C)c1c(C)oc2cc(C#N)c(C#N)cc12. The molecular weight excluding hydrogens is 228 g/mol. The first kappa shape index (κ1) is 12.2. The van der Waals surface area contributed by atoms with Crippen molar-refractivity contribution < 1.29 is 9.15 Å². The third-order valence-corrected chi connectivity index (χ3v) is 3.05. The Morgan fingerprint density at radius 1 is 1.22 bits per heavy atom. The van der Waals surface area contributed by atoms with Gasteiger partial charge in [-0.2, -0.15) is 10.5 Å². The van der Waals surface area contributed by atoms with E-state index in [1.165, 1.54) is 0 Å². The molecule has 0 radical (unpaired) electrons. The van der Waals surface area contributed by atoms with Gasteiger partial charge in [0.05, 0.1) is 17.2 Å². The predicted octanol–water partition coefficient (Wildman–Crippen LogP) is 3.19. The van der Waals surface area contributed by atoms with Gasteiger partial charge in [0.1, 0.15) is 23.5 Å². The number of furan rings is 1. The number of nitriles is 2. The zero-order valence-electron chi connectivity index (χ0n) is 10.4. The number of nitrogens with zero attached hydrogens (tertiary/aromatic N) is 2. The Hall–Kier alpha value is -2.30. The monoisotopic (exact) mass is 240 g/mol. The molecular formula is C14H12N2O2. The van der Waals surface area contributed by atoms with Crippen LogP contribution < -0.4 is 0 Å². The van der Waals surface area contributed by atoms with Gasteiger partial charge < -0.3 is 9.15 Å². The van der Waals surface area contributed by atoms with Crippen LogP contribution in [0, 0.1) is 29.6 Å².